The summed E-state index contributed by atoms with van der Waals surface area (Å²) in [7, 11) is 0. The van der Waals surface area contributed by atoms with Crippen LogP contribution in [0.1, 0.15) is 38.3 Å². The minimum atomic E-state index is -0.236. The predicted molar refractivity (Wildman–Crippen MR) is 84.1 cm³/mol. The molecule has 0 aliphatic carbocycles. The first-order valence-electron chi connectivity index (χ1n) is 7.99. The Morgan fingerprint density at radius 2 is 1.71 bits per heavy atom. The van der Waals surface area contributed by atoms with Crippen LogP contribution < -0.4 is 9.47 Å². The Labute approximate surface area is 127 Å². The zero-order valence-electron chi connectivity index (χ0n) is 13.4. The lowest BCUT2D eigenvalue weighted by Gasteiger charge is -2.31. The van der Waals surface area contributed by atoms with Crippen molar-refractivity contribution < 1.29 is 14.6 Å². The molecule has 0 radical (unpaired) electrons. The van der Waals surface area contributed by atoms with Crippen molar-refractivity contribution in [2.75, 3.05) is 26.3 Å². The Hall–Kier alpha value is -1.26. The highest BCUT2D eigenvalue weighted by atomic mass is 16.5. The van der Waals surface area contributed by atoms with Gasteiger partial charge in [0.25, 0.3) is 0 Å². The Morgan fingerprint density at radius 3 is 2.29 bits per heavy atom. The number of fused-ring (bicyclic) bond motifs is 1. The van der Waals surface area contributed by atoms with Crippen LogP contribution in [0.5, 0.6) is 11.5 Å². The van der Waals surface area contributed by atoms with Crippen LogP contribution in [0, 0.1) is 0 Å². The van der Waals surface area contributed by atoms with E-state index in [9.17, 15) is 5.11 Å². The van der Waals surface area contributed by atoms with Crippen molar-refractivity contribution in [2.45, 2.75) is 46.3 Å². The molecule has 1 unspecified atom stereocenters. The molecule has 2 rings (SSSR count). The summed E-state index contributed by atoms with van der Waals surface area (Å²) in [5, 5.41) is 9.82. The van der Waals surface area contributed by atoms with Crippen molar-refractivity contribution in [2.24, 2.45) is 0 Å². The predicted octanol–water partition coefficient (Wildman–Crippen LogP) is 2.61. The number of benzene rings is 1. The molecule has 0 fully saturated rings. The summed E-state index contributed by atoms with van der Waals surface area (Å²) in [6.45, 7) is 9.88. The van der Waals surface area contributed by atoms with Crippen molar-refractivity contribution in [1.29, 1.82) is 0 Å². The highest BCUT2D eigenvalue weighted by molar-refractivity contribution is 5.48. The molecule has 0 saturated carbocycles. The average Bonchev–Trinajstić information content (AvgIpc) is 2.48. The van der Waals surface area contributed by atoms with Gasteiger partial charge in [0, 0.05) is 19.6 Å². The second-order valence-electron chi connectivity index (χ2n) is 5.48. The molecule has 1 aromatic carbocycles. The molecule has 21 heavy (non-hydrogen) atoms. The summed E-state index contributed by atoms with van der Waals surface area (Å²) in [6.07, 6.45) is 1.57. The maximum Gasteiger partial charge on any atom is 0.161 e. The van der Waals surface area contributed by atoms with Crippen molar-refractivity contribution in [3.05, 3.63) is 23.3 Å². The van der Waals surface area contributed by atoms with Crippen LogP contribution in [0.15, 0.2) is 12.1 Å². The van der Waals surface area contributed by atoms with Gasteiger partial charge >= 0.3 is 0 Å². The molecule has 4 heteroatoms. The SMILES string of the molecule is CCOc1cc2c(cc1OCC)CN(CC(O)CC)CC2. The number of nitrogens with zero attached hydrogens (tertiary/aromatic N) is 1. The van der Waals surface area contributed by atoms with E-state index in [-0.39, 0.29) is 6.10 Å². The summed E-state index contributed by atoms with van der Waals surface area (Å²) < 4.78 is 11.4. The lowest BCUT2D eigenvalue weighted by molar-refractivity contribution is 0.102. The van der Waals surface area contributed by atoms with Gasteiger partial charge in [-0.05, 0) is 49.9 Å². The van der Waals surface area contributed by atoms with E-state index in [1.54, 1.807) is 0 Å². The number of rotatable bonds is 7. The topological polar surface area (TPSA) is 41.9 Å². The highest BCUT2D eigenvalue weighted by Gasteiger charge is 2.21. The first-order valence-corrected chi connectivity index (χ1v) is 7.99. The van der Waals surface area contributed by atoms with Crippen LogP contribution >= 0.6 is 0 Å². The lowest BCUT2D eigenvalue weighted by atomic mass is 9.98. The Morgan fingerprint density at radius 1 is 1.10 bits per heavy atom. The number of aliphatic hydroxyl groups excluding tert-OH is 1. The molecule has 0 amide bonds. The summed E-state index contributed by atoms with van der Waals surface area (Å²) in [4.78, 5) is 2.31. The number of β-amino-alcohol motifs (C(OH)–C–C–N with tert-alkyl or cyclic N) is 1. The van der Waals surface area contributed by atoms with E-state index >= 15 is 0 Å². The molecule has 4 nitrogen and oxygen atoms in total. The molecule has 1 aromatic rings. The van der Waals surface area contributed by atoms with Gasteiger partial charge in [-0.1, -0.05) is 6.92 Å². The molecular formula is C17H27NO3. The number of ether oxygens (including phenoxy) is 2. The third-order valence-corrected chi connectivity index (χ3v) is 3.90. The third kappa shape index (κ3) is 4.11. The number of hydrogen-bond donors (Lipinski definition) is 1. The minimum Gasteiger partial charge on any atom is -0.490 e. The van der Waals surface area contributed by atoms with Crippen molar-refractivity contribution in [3.8, 4) is 11.5 Å². The van der Waals surface area contributed by atoms with Crippen molar-refractivity contribution in [1.82, 2.24) is 4.90 Å². The van der Waals surface area contributed by atoms with Gasteiger partial charge in [-0.25, -0.2) is 0 Å². The molecule has 1 aliphatic heterocycles. The fraction of sp³-hybridized carbons (Fsp3) is 0.647. The molecule has 0 bridgehead atoms. The third-order valence-electron chi connectivity index (χ3n) is 3.90. The summed E-state index contributed by atoms with van der Waals surface area (Å²) in [5.74, 6) is 1.68. The van der Waals surface area contributed by atoms with Gasteiger partial charge in [-0.3, -0.25) is 4.90 Å². The number of aliphatic hydroxyl groups is 1. The van der Waals surface area contributed by atoms with Gasteiger partial charge < -0.3 is 14.6 Å². The first-order chi connectivity index (χ1) is 10.2. The molecule has 0 saturated heterocycles. The van der Waals surface area contributed by atoms with E-state index in [1.807, 2.05) is 20.8 Å². The second kappa shape index (κ2) is 7.66. The summed E-state index contributed by atoms with van der Waals surface area (Å²) >= 11 is 0. The molecule has 1 N–H and O–H groups in total. The van der Waals surface area contributed by atoms with Crippen LogP contribution in [-0.2, 0) is 13.0 Å². The van der Waals surface area contributed by atoms with Crippen LogP contribution in [-0.4, -0.2) is 42.4 Å². The van der Waals surface area contributed by atoms with E-state index in [0.29, 0.717) is 13.2 Å². The minimum absolute atomic E-state index is 0.236. The van der Waals surface area contributed by atoms with Crippen LogP contribution in [0.4, 0.5) is 0 Å². The quantitative estimate of drug-likeness (QED) is 0.839. The van der Waals surface area contributed by atoms with Gasteiger partial charge in [0.1, 0.15) is 0 Å². The van der Waals surface area contributed by atoms with E-state index < -0.39 is 0 Å². The first kappa shape index (κ1) is 16.1. The van der Waals surface area contributed by atoms with Crippen LogP contribution in [0.3, 0.4) is 0 Å². The van der Waals surface area contributed by atoms with Crippen LogP contribution in [0.2, 0.25) is 0 Å². The summed E-state index contributed by atoms with van der Waals surface area (Å²) in [6, 6.07) is 4.23. The maximum atomic E-state index is 9.82. The van der Waals surface area contributed by atoms with E-state index in [4.69, 9.17) is 9.47 Å². The fourth-order valence-electron chi connectivity index (χ4n) is 2.74. The normalized spacial score (nSPS) is 16.4. The van der Waals surface area contributed by atoms with Gasteiger partial charge in [0.2, 0.25) is 0 Å². The zero-order chi connectivity index (χ0) is 15.2. The van der Waals surface area contributed by atoms with E-state index in [0.717, 1.165) is 44.0 Å². The second-order valence-corrected chi connectivity index (χ2v) is 5.48. The van der Waals surface area contributed by atoms with Gasteiger partial charge in [0.05, 0.1) is 19.3 Å². The Kier molecular flexibility index (Phi) is 5.88. The van der Waals surface area contributed by atoms with E-state index in [1.165, 1.54) is 11.1 Å². The molecule has 1 aliphatic rings. The maximum absolute atomic E-state index is 9.82. The largest absolute Gasteiger partial charge is 0.490 e. The van der Waals surface area contributed by atoms with Gasteiger partial charge in [0.15, 0.2) is 11.5 Å². The molecule has 118 valence electrons. The van der Waals surface area contributed by atoms with E-state index in [2.05, 4.69) is 17.0 Å². The average molecular weight is 293 g/mol. The highest BCUT2D eigenvalue weighted by Crippen LogP contribution is 2.33. The monoisotopic (exact) mass is 293 g/mol. The molecule has 1 heterocycles. The van der Waals surface area contributed by atoms with Crippen molar-refractivity contribution >= 4 is 0 Å². The smallest absolute Gasteiger partial charge is 0.161 e. The fourth-order valence-corrected chi connectivity index (χ4v) is 2.74. The van der Waals surface area contributed by atoms with Gasteiger partial charge in [-0.2, -0.15) is 0 Å². The lowest BCUT2D eigenvalue weighted by Crippen LogP contribution is -2.36. The molecule has 0 aromatic heterocycles. The van der Waals surface area contributed by atoms with Crippen LogP contribution in [0.25, 0.3) is 0 Å². The summed E-state index contributed by atoms with van der Waals surface area (Å²) in [5.41, 5.74) is 2.63. The van der Waals surface area contributed by atoms with Gasteiger partial charge in [-0.15, -0.1) is 0 Å². The molecule has 1 atom stereocenters. The molecular weight excluding hydrogens is 266 g/mol. The molecule has 0 spiro atoms. The zero-order valence-corrected chi connectivity index (χ0v) is 13.4. The standard InChI is InChI=1S/C17H27NO3/c1-4-15(19)12-18-8-7-13-9-16(20-5-2)17(21-6-3)10-14(13)11-18/h9-10,15,19H,4-8,11-12H2,1-3H3. The van der Waals surface area contributed by atoms with Crippen molar-refractivity contribution in [3.63, 3.8) is 0 Å². The Balaban J connectivity index is 2.16. The Bertz CT molecular complexity index is 462. The number of hydrogen-bond acceptors (Lipinski definition) is 4.